The Labute approximate surface area is 186 Å². The van der Waals surface area contributed by atoms with Crippen molar-refractivity contribution in [2.45, 2.75) is 38.5 Å². The van der Waals surface area contributed by atoms with Crippen LogP contribution in [0.15, 0.2) is 40.9 Å². The molecule has 32 heavy (non-hydrogen) atoms. The van der Waals surface area contributed by atoms with Crippen LogP contribution < -0.4 is 4.90 Å². The summed E-state index contributed by atoms with van der Waals surface area (Å²) in [7, 11) is 0. The maximum Gasteiger partial charge on any atom is 0.223 e. The van der Waals surface area contributed by atoms with Crippen molar-refractivity contribution >= 4 is 28.3 Å². The second-order valence-electron chi connectivity index (χ2n) is 8.76. The van der Waals surface area contributed by atoms with Crippen LogP contribution in [0.4, 0.5) is 10.1 Å². The highest BCUT2D eigenvalue weighted by Crippen LogP contribution is 2.33. The maximum absolute atomic E-state index is 13.4. The number of anilines is 1. The Morgan fingerprint density at radius 1 is 1.12 bits per heavy atom. The fourth-order valence-corrected chi connectivity index (χ4v) is 4.96. The normalized spacial score (nSPS) is 17.1. The summed E-state index contributed by atoms with van der Waals surface area (Å²) < 4.78 is 18.7. The first-order chi connectivity index (χ1) is 15.5. The van der Waals surface area contributed by atoms with Gasteiger partial charge in [-0.25, -0.2) is 4.39 Å². The van der Waals surface area contributed by atoms with Gasteiger partial charge in [-0.2, -0.15) is 0 Å². The summed E-state index contributed by atoms with van der Waals surface area (Å²) in [6.07, 6.45) is 3.15. The summed E-state index contributed by atoms with van der Waals surface area (Å²) in [5, 5.41) is 5.09. The lowest BCUT2D eigenvalue weighted by atomic mass is 9.91. The predicted octanol–water partition coefficient (Wildman–Crippen LogP) is 4.33. The van der Waals surface area contributed by atoms with Gasteiger partial charge in [0.25, 0.3) is 0 Å². The molecule has 3 heterocycles. The molecule has 1 aromatic heterocycles. The minimum Gasteiger partial charge on any atom is -0.356 e. The molecule has 0 atom stereocenters. The summed E-state index contributed by atoms with van der Waals surface area (Å²) in [6, 6.07) is 10.3. The first kappa shape index (κ1) is 20.8. The number of likely N-dealkylation sites (tertiary alicyclic amines) is 1. The Hall–Kier alpha value is -3.06. The number of ketones is 1. The lowest BCUT2D eigenvalue weighted by Gasteiger charge is -2.31. The summed E-state index contributed by atoms with van der Waals surface area (Å²) in [6.45, 7) is 4.78. The molecular formula is C25H26FN3O3. The third-order valence-electron chi connectivity index (χ3n) is 6.77. The summed E-state index contributed by atoms with van der Waals surface area (Å²) in [4.78, 5) is 28.6. The molecule has 0 aliphatic carbocycles. The number of rotatable bonds is 5. The Bertz CT molecular complexity index is 1180. The zero-order valence-electron chi connectivity index (χ0n) is 18.1. The van der Waals surface area contributed by atoms with Gasteiger partial charge in [0, 0.05) is 55.1 Å². The highest BCUT2D eigenvalue weighted by atomic mass is 19.1. The molecule has 6 nitrogen and oxygen atoms in total. The minimum atomic E-state index is -0.320. The van der Waals surface area contributed by atoms with Crippen molar-refractivity contribution in [2.24, 2.45) is 0 Å². The summed E-state index contributed by atoms with van der Waals surface area (Å²) in [5.74, 6) is 0.145. The van der Waals surface area contributed by atoms with Gasteiger partial charge in [0.15, 0.2) is 11.4 Å². The van der Waals surface area contributed by atoms with Gasteiger partial charge in [0.05, 0.1) is 5.69 Å². The number of nitrogens with zero attached hydrogens (tertiary/aromatic N) is 3. The molecule has 2 aliphatic heterocycles. The van der Waals surface area contributed by atoms with Gasteiger partial charge in [-0.15, -0.1) is 0 Å². The lowest BCUT2D eigenvalue weighted by Crippen LogP contribution is -2.34. The highest BCUT2D eigenvalue weighted by molar-refractivity contribution is 5.99. The average molecular weight is 435 g/mol. The quantitative estimate of drug-likeness (QED) is 0.558. The van der Waals surface area contributed by atoms with E-state index in [-0.39, 0.29) is 23.4 Å². The summed E-state index contributed by atoms with van der Waals surface area (Å²) >= 11 is 0. The zero-order valence-corrected chi connectivity index (χ0v) is 18.1. The van der Waals surface area contributed by atoms with Crippen LogP contribution in [0.2, 0.25) is 0 Å². The van der Waals surface area contributed by atoms with E-state index in [9.17, 15) is 14.0 Å². The number of benzene rings is 2. The Morgan fingerprint density at radius 3 is 2.72 bits per heavy atom. The van der Waals surface area contributed by atoms with Crippen molar-refractivity contribution in [3.63, 3.8) is 0 Å². The number of fused-ring (bicyclic) bond motifs is 2. The first-order valence-corrected chi connectivity index (χ1v) is 11.2. The van der Waals surface area contributed by atoms with E-state index in [1.807, 2.05) is 18.2 Å². The van der Waals surface area contributed by atoms with Gasteiger partial charge in [0.2, 0.25) is 5.91 Å². The highest BCUT2D eigenvalue weighted by Gasteiger charge is 2.26. The molecule has 0 saturated carbocycles. The van der Waals surface area contributed by atoms with E-state index in [4.69, 9.17) is 4.52 Å². The zero-order chi connectivity index (χ0) is 22.2. The molecule has 0 spiro atoms. The number of amides is 1. The monoisotopic (exact) mass is 435 g/mol. The number of carbonyl (C=O) groups excluding carboxylic acids is 2. The minimum absolute atomic E-state index is 0.0389. The maximum atomic E-state index is 13.4. The first-order valence-electron chi connectivity index (χ1n) is 11.2. The summed E-state index contributed by atoms with van der Waals surface area (Å²) in [5.41, 5.74) is 4.14. The number of piperidine rings is 1. The molecule has 7 heteroatoms. The van der Waals surface area contributed by atoms with Crippen molar-refractivity contribution in [2.75, 3.05) is 31.1 Å². The van der Waals surface area contributed by atoms with Gasteiger partial charge in [-0.1, -0.05) is 5.16 Å². The molecule has 1 saturated heterocycles. The topological polar surface area (TPSA) is 66.7 Å². The molecule has 0 unspecified atom stereocenters. The van der Waals surface area contributed by atoms with Gasteiger partial charge >= 0.3 is 0 Å². The van der Waals surface area contributed by atoms with Gasteiger partial charge in [0.1, 0.15) is 5.82 Å². The number of hydrogen-bond acceptors (Lipinski definition) is 5. The fourth-order valence-electron chi connectivity index (χ4n) is 4.96. The number of carbonyl (C=O) groups is 2. The molecule has 5 rings (SSSR count). The standard InChI is InChI=1S/C25H26FN3O3/c1-16(30)29-13-8-18-14-19(2-5-22(18)29)23(31)9-12-28-10-6-17(7-11-28)25-21-4-3-20(26)15-24(21)32-27-25/h2-5,14-15,17H,6-13H2,1H3. The largest absolute Gasteiger partial charge is 0.356 e. The van der Waals surface area contributed by atoms with Crippen LogP contribution in [0.1, 0.15) is 53.7 Å². The van der Waals surface area contributed by atoms with E-state index in [1.165, 1.54) is 12.1 Å². The van der Waals surface area contributed by atoms with Gasteiger partial charge in [-0.05, 0) is 68.2 Å². The molecule has 2 aliphatic rings. The van der Waals surface area contributed by atoms with E-state index in [0.29, 0.717) is 18.5 Å². The van der Waals surface area contributed by atoms with Crippen LogP contribution in [-0.2, 0) is 11.2 Å². The SMILES string of the molecule is CC(=O)N1CCc2cc(C(=O)CCN3CCC(c4noc5cc(F)ccc45)CC3)ccc21. The lowest BCUT2D eigenvalue weighted by molar-refractivity contribution is -0.116. The molecule has 0 bridgehead atoms. The number of aromatic nitrogens is 1. The Kier molecular flexibility index (Phi) is 5.51. The van der Waals surface area contributed by atoms with Crippen LogP contribution in [0.25, 0.3) is 11.0 Å². The fraction of sp³-hybridized carbons (Fsp3) is 0.400. The Balaban J connectivity index is 1.16. The average Bonchev–Trinajstić information content (AvgIpc) is 3.41. The number of Topliss-reactive ketones (excluding diaryl/α,β-unsaturated/α-hetero) is 1. The smallest absolute Gasteiger partial charge is 0.223 e. The van der Waals surface area contributed by atoms with E-state index < -0.39 is 0 Å². The van der Waals surface area contributed by atoms with Crippen molar-refractivity contribution in [1.82, 2.24) is 10.1 Å². The van der Waals surface area contributed by atoms with E-state index >= 15 is 0 Å². The molecule has 0 N–H and O–H groups in total. The van der Waals surface area contributed by atoms with Crippen molar-refractivity contribution in [3.8, 4) is 0 Å². The van der Waals surface area contributed by atoms with Crippen LogP contribution in [0.3, 0.4) is 0 Å². The van der Waals surface area contributed by atoms with Crippen molar-refractivity contribution in [1.29, 1.82) is 0 Å². The second-order valence-corrected chi connectivity index (χ2v) is 8.76. The van der Waals surface area contributed by atoms with Gasteiger partial charge in [-0.3, -0.25) is 9.59 Å². The molecule has 166 valence electrons. The number of hydrogen-bond donors (Lipinski definition) is 0. The third-order valence-corrected chi connectivity index (χ3v) is 6.77. The van der Waals surface area contributed by atoms with E-state index in [0.717, 1.165) is 66.8 Å². The van der Waals surface area contributed by atoms with Crippen molar-refractivity contribution in [3.05, 3.63) is 59.0 Å². The predicted molar refractivity (Wildman–Crippen MR) is 120 cm³/mol. The van der Waals surface area contributed by atoms with E-state index in [1.54, 1.807) is 17.9 Å². The van der Waals surface area contributed by atoms with Crippen LogP contribution >= 0.6 is 0 Å². The molecule has 1 fully saturated rings. The van der Waals surface area contributed by atoms with Crippen LogP contribution in [0.5, 0.6) is 0 Å². The van der Waals surface area contributed by atoms with Gasteiger partial charge < -0.3 is 14.3 Å². The molecule has 2 aromatic carbocycles. The van der Waals surface area contributed by atoms with Crippen LogP contribution in [-0.4, -0.2) is 47.9 Å². The molecule has 0 radical (unpaired) electrons. The second kappa shape index (κ2) is 8.47. The number of halogens is 1. The molecular weight excluding hydrogens is 409 g/mol. The third kappa shape index (κ3) is 3.93. The van der Waals surface area contributed by atoms with Crippen molar-refractivity contribution < 1.29 is 18.5 Å². The molecule has 3 aromatic rings. The Morgan fingerprint density at radius 2 is 1.94 bits per heavy atom. The molecule has 1 amide bonds. The van der Waals surface area contributed by atoms with Crippen LogP contribution in [0, 0.1) is 5.82 Å². The van der Waals surface area contributed by atoms with E-state index in [2.05, 4.69) is 10.1 Å².